The van der Waals surface area contributed by atoms with E-state index in [1.807, 2.05) is 44.2 Å². The van der Waals surface area contributed by atoms with Crippen molar-refractivity contribution in [1.82, 2.24) is 19.8 Å². The summed E-state index contributed by atoms with van der Waals surface area (Å²) in [6.07, 6.45) is 2.69. The molecular weight excluding hydrogens is 390 g/mol. The van der Waals surface area contributed by atoms with Gasteiger partial charge in [0.15, 0.2) is 5.82 Å². The number of hydrogen-bond donors (Lipinski definition) is 0. The minimum Gasteiger partial charge on any atom is -0.355 e. The van der Waals surface area contributed by atoms with E-state index in [0.717, 1.165) is 5.56 Å². The van der Waals surface area contributed by atoms with Crippen LogP contribution >= 0.6 is 11.6 Å². The Morgan fingerprint density at radius 1 is 1.14 bits per heavy atom. The zero-order valence-electron chi connectivity index (χ0n) is 16.6. The van der Waals surface area contributed by atoms with Crippen molar-refractivity contribution < 1.29 is 9.59 Å². The number of nitrogens with zero attached hydrogens (tertiary/aromatic N) is 5. The van der Waals surface area contributed by atoms with Gasteiger partial charge in [-0.15, -0.1) is 0 Å². The molecule has 29 heavy (non-hydrogen) atoms. The van der Waals surface area contributed by atoms with Crippen LogP contribution in [0.2, 0.25) is 5.02 Å². The molecule has 1 aromatic heterocycles. The zero-order valence-corrected chi connectivity index (χ0v) is 17.4. The third-order valence-electron chi connectivity index (χ3n) is 5.86. The second-order valence-corrected chi connectivity index (χ2v) is 7.92. The summed E-state index contributed by atoms with van der Waals surface area (Å²) in [6.45, 7) is 5.66. The Labute approximate surface area is 175 Å². The van der Waals surface area contributed by atoms with Crippen LogP contribution in [0.3, 0.4) is 0 Å². The number of rotatable bonds is 4. The molecule has 7 nitrogen and oxygen atoms in total. The third kappa shape index (κ3) is 3.33. The number of amides is 3. The molecule has 0 N–H and O–H groups in total. The number of aromatic nitrogens is 2. The van der Waals surface area contributed by atoms with Crippen LogP contribution in [0.4, 0.5) is 10.6 Å². The summed E-state index contributed by atoms with van der Waals surface area (Å²) >= 11 is 6.31. The number of anilines is 1. The average Bonchev–Trinajstić information content (AvgIpc) is 2.92. The van der Waals surface area contributed by atoms with Crippen molar-refractivity contribution >= 4 is 29.4 Å². The molecule has 2 saturated heterocycles. The molecule has 2 aliphatic rings. The van der Waals surface area contributed by atoms with Gasteiger partial charge in [0.2, 0.25) is 0 Å². The van der Waals surface area contributed by atoms with Crippen molar-refractivity contribution in [2.75, 3.05) is 24.5 Å². The van der Waals surface area contributed by atoms with E-state index in [-0.39, 0.29) is 11.9 Å². The molecule has 0 atom stereocenters. The first-order chi connectivity index (χ1) is 14.0. The van der Waals surface area contributed by atoms with Gasteiger partial charge in [0.1, 0.15) is 16.4 Å². The molecule has 0 unspecified atom stereocenters. The number of aryl methyl sites for hydroxylation is 1. The van der Waals surface area contributed by atoms with E-state index in [4.69, 9.17) is 11.6 Å². The van der Waals surface area contributed by atoms with Crippen molar-refractivity contribution in [1.29, 1.82) is 0 Å². The Hall–Kier alpha value is -2.67. The first kappa shape index (κ1) is 19.6. The fourth-order valence-electron chi connectivity index (χ4n) is 4.28. The maximum atomic E-state index is 13.3. The molecule has 2 fully saturated rings. The van der Waals surface area contributed by atoms with Crippen LogP contribution in [0.25, 0.3) is 0 Å². The largest absolute Gasteiger partial charge is 0.355 e. The van der Waals surface area contributed by atoms with Crippen LogP contribution in [-0.2, 0) is 11.3 Å². The molecule has 0 radical (unpaired) electrons. The molecular formula is C21H24ClN5O2. The number of hydrogen-bond acceptors (Lipinski definition) is 5. The first-order valence-corrected chi connectivity index (χ1v) is 10.3. The van der Waals surface area contributed by atoms with Crippen molar-refractivity contribution in [3.05, 3.63) is 52.9 Å². The maximum Gasteiger partial charge on any atom is 0.327 e. The van der Waals surface area contributed by atoms with E-state index in [2.05, 4.69) is 14.9 Å². The molecule has 0 aliphatic carbocycles. The summed E-state index contributed by atoms with van der Waals surface area (Å²) in [7, 11) is 0. The number of piperidine rings is 1. The number of likely N-dealkylation sites (N-methyl/N-ethyl adjacent to an activating group) is 1. The fourth-order valence-corrected chi connectivity index (χ4v) is 4.49. The molecule has 4 rings (SSSR count). The number of carbonyl (C=O) groups excluding carboxylic acids is 2. The van der Waals surface area contributed by atoms with Crippen molar-refractivity contribution in [3.8, 4) is 0 Å². The maximum absolute atomic E-state index is 13.3. The van der Waals surface area contributed by atoms with Crippen molar-refractivity contribution in [3.63, 3.8) is 0 Å². The molecule has 3 heterocycles. The second-order valence-electron chi connectivity index (χ2n) is 7.51. The highest BCUT2D eigenvalue weighted by Crippen LogP contribution is 2.39. The SMILES string of the molecule is CCN1C(=O)N(Cc2ccccc2)C2(CCN(c3nc(C)ncc3Cl)CC2)C1=O. The summed E-state index contributed by atoms with van der Waals surface area (Å²) in [5.41, 5.74) is 0.205. The monoisotopic (exact) mass is 413 g/mol. The summed E-state index contributed by atoms with van der Waals surface area (Å²) in [4.78, 5) is 40.1. The van der Waals surface area contributed by atoms with Gasteiger partial charge in [-0.1, -0.05) is 41.9 Å². The predicted octanol–water partition coefficient (Wildman–Crippen LogP) is 3.26. The number of carbonyl (C=O) groups is 2. The van der Waals surface area contributed by atoms with Crippen molar-refractivity contribution in [2.24, 2.45) is 0 Å². The lowest BCUT2D eigenvalue weighted by molar-refractivity contribution is -0.134. The smallest absolute Gasteiger partial charge is 0.327 e. The lowest BCUT2D eigenvalue weighted by atomic mass is 9.85. The van der Waals surface area contributed by atoms with Crippen LogP contribution in [0.1, 0.15) is 31.2 Å². The Morgan fingerprint density at radius 3 is 2.48 bits per heavy atom. The normalized spacial score (nSPS) is 18.8. The van der Waals surface area contributed by atoms with Gasteiger partial charge in [-0.3, -0.25) is 9.69 Å². The molecule has 0 saturated carbocycles. The van der Waals surface area contributed by atoms with Gasteiger partial charge in [-0.05, 0) is 32.3 Å². The van der Waals surface area contributed by atoms with Gasteiger partial charge in [-0.25, -0.2) is 14.8 Å². The molecule has 1 spiro atoms. The Morgan fingerprint density at radius 2 is 1.83 bits per heavy atom. The number of imide groups is 1. The van der Waals surface area contributed by atoms with E-state index in [1.165, 1.54) is 4.90 Å². The Bertz CT molecular complexity index is 928. The fraction of sp³-hybridized carbons (Fsp3) is 0.429. The third-order valence-corrected chi connectivity index (χ3v) is 6.12. The Balaban J connectivity index is 1.61. The van der Waals surface area contributed by atoms with Gasteiger partial charge >= 0.3 is 6.03 Å². The van der Waals surface area contributed by atoms with Crippen molar-refractivity contribution in [2.45, 2.75) is 38.8 Å². The topological polar surface area (TPSA) is 69.6 Å². The first-order valence-electron chi connectivity index (χ1n) is 9.88. The van der Waals surface area contributed by atoms with Crippen LogP contribution in [0.5, 0.6) is 0 Å². The molecule has 3 amide bonds. The summed E-state index contributed by atoms with van der Waals surface area (Å²) in [6, 6.07) is 9.61. The van der Waals surface area contributed by atoms with Crippen LogP contribution < -0.4 is 4.90 Å². The molecule has 2 aromatic rings. The van der Waals surface area contributed by atoms with Gasteiger partial charge in [0.25, 0.3) is 5.91 Å². The number of urea groups is 1. The predicted molar refractivity (Wildman–Crippen MR) is 111 cm³/mol. The lowest BCUT2D eigenvalue weighted by Crippen LogP contribution is -2.56. The number of benzene rings is 1. The van der Waals surface area contributed by atoms with Gasteiger partial charge < -0.3 is 9.80 Å². The van der Waals surface area contributed by atoms with Crippen LogP contribution in [0, 0.1) is 6.92 Å². The molecule has 152 valence electrons. The quantitative estimate of drug-likeness (QED) is 0.719. The van der Waals surface area contributed by atoms with E-state index in [1.54, 1.807) is 11.1 Å². The summed E-state index contributed by atoms with van der Waals surface area (Å²) < 4.78 is 0. The summed E-state index contributed by atoms with van der Waals surface area (Å²) in [5, 5.41) is 0.497. The molecule has 0 bridgehead atoms. The van der Waals surface area contributed by atoms with Gasteiger partial charge in [-0.2, -0.15) is 0 Å². The Kier molecular flexibility index (Phi) is 5.17. The van der Waals surface area contributed by atoms with E-state index in [9.17, 15) is 9.59 Å². The van der Waals surface area contributed by atoms with E-state index in [0.29, 0.717) is 55.7 Å². The zero-order chi connectivity index (χ0) is 20.6. The molecule has 8 heteroatoms. The molecule has 2 aliphatic heterocycles. The van der Waals surface area contributed by atoms with E-state index >= 15 is 0 Å². The second kappa shape index (κ2) is 7.63. The lowest BCUT2D eigenvalue weighted by Gasteiger charge is -2.42. The molecule has 1 aromatic carbocycles. The highest BCUT2D eigenvalue weighted by atomic mass is 35.5. The van der Waals surface area contributed by atoms with Gasteiger partial charge in [0.05, 0.1) is 6.20 Å². The highest BCUT2D eigenvalue weighted by Gasteiger charge is 2.57. The minimum absolute atomic E-state index is 0.0921. The van der Waals surface area contributed by atoms with Crippen LogP contribution in [-0.4, -0.2) is 56.9 Å². The van der Waals surface area contributed by atoms with Crippen LogP contribution in [0.15, 0.2) is 36.5 Å². The van der Waals surface area contributed by atoms with E-state index < -0.39 is 5.54 Å². The summed E-state index contributed by atoms with van der Waals surface area (Å²) in [5.74, 6) is 1.25. The van der Waals surface area contributed by atoms with Gasteiger partial charge in [0, 0.05) is 26.2 Å². The average molecular weight is 414 g/mol. The standard InChI is InChI=1S/C21H24ClN5O2/c1-3-26-19(28)21(27(20(26)29)14-16-7-5-4-6-8-16)9-11-25(12-10-21)18-17(22)13-23-15(2)24-18/h4-8,13H,3,9-12,14H2,1-2H3. The minimum atomic E-state index is -0.812. The highest BCUT2D eigenvalue weighted by molar-refractivity contribution is 6.32. The number of halogens is 1.